The number of anilines is 2. The lowest BCUT2D eigenvalue weighted by Crippen LogP contribution is -2.38. The number of fused-ring (bicyclic) bond motifs is 1. The van der Waals surface area contributed by atoms with Gasteiger partial charge in [-0.15, -0.1) is 0 Å². The van der Waals surface area contributed by atoms with Gasteiger partial charge >= 0.3 is 12.4 Å². The summed E-state index contributed by atoms with van der Waals surface area (Å²) in [6.07, 6.45) is -6.83. The van der Waals surface area contributed by atoms with E-state index in [2.05, 4.69) is 20.3 Å². The second-order valence-electron chi connectivity index (χ2n) is 9.35. The van der Waals surface area contributed by atoms with E-state index in [1.807, 2.05) is 4.90 Å². The Morgan fingerprint density at radius 3 is 2.41 bits per heavy atom. The van der Waals surface area contributed by atoms with Gasteiger partial charge in [-0.2, -0.15) is 26.3 Å². The van der Waals surface area contributed by atoms with E-state index in [4.69, 9.17) is 0 Å². The average molecular weight is 548 g/mol. The van der Waals surface area contributed by atoms with Gasteiger partial charge in [-0.1, -0.05) is 6.07 Å². The van der Waals surface area contributed by atoms with E-state index in [0.29, 0.717) is 41.9 Å². The molecule has 0 bridgehead atoms. The number of rotatable bonds is 5. The second kappa shape index (κ2) is 10.4. The molecule has 12 heteroatoms. The summed E-state index contributed by atoms with van der Waals surface area (Å²) in [5.74, 6) is 0.635. The number of hydrogen-bond acceptors (Lipinski definition) is 6. The monoisotopic (exact) mass is 547 g/mol. The number of benzene rings is 2. The molecule has 39 heavy (non-hydrogen) atoms. The molecule has 0 amide bonds. The zero-order chi connectivity index (χ0) is 27.8. The summed E-state index contributed by atoms with van der Waals surface area (Å²) in [4.78, 5) is 15.1. The predicted octanol–water partition coefficient (Wildman–Crippen LogP) is 6.43. The van der Waals surface area contributed by atoms with Gasteiger partial charge in [-0.3, -0.25) is 9.88 Å². The van der Waals surface area contributed by atoms with E-state index >= 15 is 0 Å². The first kappa shape index (κ1) is 26.8. The number of aromatic nitrogens is 3. The summed E-state index contributed by atoms with van der Waals surface area (Å²) in [5, 5.41) is 13.5. The summed E-state index contributed by atoms with van der Waals surface area (Å²) >= 11 is 0. The van der Waals surface area contributed by atoms with Crippen LogP contribution < -0.4 is 5.32 Å². The Morgan fingerprint density at radius 1 is 0.949 bits per heavy atom. The number of piperidine rings is 1. The first-order valence-electron chi connectivity index (χ1n) is 12.2. The van der Waals surface area contributed by atoms with Crippen molar-refractivity contribution in [3.63, 3.8) is 0 Å². The molecule has 1 atom stereocenters. The first-order valence-corrected chi connectivity index (χ1v) is 12.2. The van der Waals surface area contributed by atoms with Gasteiger partial charge in [0.1, 0.15) is 11.6 Å². The molecule has 3 heterocycles. The first-order chi connectivity index (χ1) is 18.5. The lowest BCUT2D eigenvalue weighted by molar-refractivity contribution is -0.138. The topological polar surface area (TPSA) is 74.2 Å². The van der Waals surface area contributed by atoms with Gasteiger partial charge in [0.05, 0.1) is 35.0 Å². The largest absolute Gasteiger partial charge is 0.418 e. The molecule has 0 spiro atoms. The van der Waals surface area contributed by atoms with Crippen molar-refractivity contribution in [2.75, 3.05) is 18.4 Å². The Balaban J connectivity index is 1.57. The summed E-state index contributed by atoms with van der Waals surface area (Å²) < 4.78 is 79.9. The molecule has 6 nitrogen and oxygen atoms in total. The van der Waals surface area contributed by atoms with Crippen LogP contribution in [-0.2, 0) is 18.9 Å². The Bertz CT molecular complexity index is 1470. The molecule has 4 aromatic rings. The second-order valence-corrected chi connectivity index (χ2v) is 9.35. The molecule has 1 unspecified atom stereocenters. The molecule has 0 radical (unpaired) electrons. The van der Waals surface area contributed by atoms with E-state index in [0.717, 1.165) is 24.6 Å². The number of likely N-dealkylation sites (tertiary alicyclic amines) is 1. The third kappa shape index (κ3) is 6.12. The number of β-amino-alcohol motifs (C(OH)–C–C–N with tert-alkyl or cyclic N) is 1. The number of halogens is 6. The van der Waals surface area contributed by atoms with Crippen LogP contribution in [0, 0.1) is 0 Å². The van der Waals surface area contributed by atoms with Crippen LogP contribution in [0.2, 0.25) is 0 Å². The van der Waals surface area contributed by atoms with Crippen molar-refractivity contribution in [1.82, 2.24) is 19.9 Å². The third-order valence-electron chi connectivity index (χ3n) is 6.45. The van der Waals surface area contributed by atoms with Gasteiger partial charge in [0, 0.05) is 29.4 Å². The molecule has 2 N–H and O–H groups in total. The predicted molar refractivity (Wildman–Crippen MR) is 133 cm³/mol. The minimum absolute atomic E-state index is 0.203. The Labute approximate surface area is 219 Å². The maximum absolute atomic E-state index is 13.6. The normalized spacial score (nSPS) is 16.9. The molecule has 0 saturated carbocycles. The molecule has 0 aliphatic carbocycles. The highest BCUT2D eigenvalue weighted by Crippen LogP contribution is 2.37. The van der Waals surface area contributed by atoms with Crippen molar-refractivity contribution in [2.45, 2.75) is 37.8 Å². The minimum atomic E-state index is -4.61. The molecule has 204 valence electrons. The fourth-order valence-electron chi connectivity index (χ4n) is 4.61. The number of aliphatic hydroxyl groups is 1. The summed E-state index contributed by atoms with van der Waals surface area (Å²) in [6, 6.07) is 11.1. The molecule has 1 aliphatic rings. The molecular formula is C27H23F6N5O. The highest BCUT2D eigenvalue weighted by atomic mass is 19.4. The number of nitrogens with one attached hydrogen (secondary N) is 1. The number of hydrogen-bond donors (Lipinski definition) is 2. The van der Waals surface area contributed by atoms with Crippen LogP contribution in [0.15, 0.2) is 60.8 Å². The Morgan fingerprint density at radius 2 is 1.72 bits per heavy atom. The molecule has 1 saturated heterocycles. The number of alkyl halides is 6. The van der Waals surface area contributed by atoms with E-state index in [1.54, 1.807) is 6.07 Å². The molecule has 5 rings (SSSR count). The van der Waals surface area contributed by atoms with Crippen LogP contribution in [-0.4, -0.2) is 44.2 Å². The van der Waals surface area contributed by atoms with Crippen LogP contribution in [0.3, 0.4) is 0 Å². The zero-order valence-electron chi connectivity index (χ0n) is 20.4. The summed E-state index contributed by atoms with van der Waals surface area (Å²) in [5.41, 5.74) is -1.05. The van der Waals surface area contributed by atoms with Gasteiger partial charge in [0.15, 0.2) is 0 Å². The Hall–Kier alpha value is -3.77. The molecule has 1 aliphatic heterocycles. The van der Waals surface area contributed by atoms with Gasteiger partial charge < -0.3 is 10.4 Å². The van der Waals surface area contributed by atoms with Crippen LogP contribution in [0.25, 0.3) is 22.2 Å². The molecule has 2 aromatic carbocycles. The van der Waals surface area contributed by atoms with E-state index in [-0.39, 0.29) is 23.6 Å². The standard InChI is InChI=1S/C27H23F6N5O/c28-26(29,30)17-6-8-18(9-7-17)35-25-20-10-5-16(24-21(27(31,32)33)4-1-11-34-24)13-22(20)36-23(37-25)15-38-12-2-3-19(39)14-38/h1,4-11,13,19,39H,2-3,12,14-15H2,(H,35,36,37). The van der Waals surface area contributed by atoms with Gasteiger partial charge in [-0.25, -0.2) is 9.97 Å². The fourth-order valence-corrected chi connectivity index (χ4v) is 4.61. The maximum Gasteiger partial charge on any atom is 0.418 e. The third-order valence-corrected chi connectivity index (χ3v) is 6.45. The number of nitrogens with zero attached hydrogens (tertiary/aromatic N) is 4. The average Bonchev–Trinajstić information content (AvgIpc) is 2.88. The number of pyridine rings is 1. The zero-order valence-corrected chi connectivity index (χ0v) is 20.4. The molecular weight excluding hydrogens is 524 g/mol. The van der Waals surface area contributed by atoms with Gasteiger partial charge in [0.25, 0.3) is 0 Å². The van der Waals surface area contributed by atoms with Crippen LogP contribution in [0.4, 0.5) is 37.8 Å². The van der Waals surface area contributed by atoms with Crippen molar-refractivity contribution in [3.8, 4) is 11.3 Å². The Kier molecular flexibility index (Phi) is 7.17. The van der Waals surface area contributed by atoms with Crippen molar-refractivity contribution in [2.24, 2.45) is 0 Å². The summed E-state index contributed by atoms with van der Waals surface area (Å²) in [7, 11) is 0. The fraction of sp³-hybridized carbons (Fsp3) is 0.296. The van der Waals surface area contributed by atoms with Gasteiger partial charge in [0.2, 0.25) is 0 Å². The molecule has 1 fully saturated rings. The van der Waals surface area contributed by atoms with Crippen molar-refractivity contribution in [1.29, 1.82) is 0 Å². The van der Waals surface area contributed by atoms with E-state index < -0.39 is 29.6 Å². The van der Waals surface area contributed by atoms with Crippen molar-refractivity contribution >= 4 is 22.4 Å². The van der Waals surface area contributed by atoms with E-state index in [1.165, 1.54) is 36.5 Å². The molecule has 2 aromatic heterocycles. The highest BCUT2D eigenvalue weighted by molar-refractivity contribution is 5.93. The highest BCUT2D eigenvalue weighted by Gasteiger charge is 2.34. The quantitative estimate of drug-likeness (QED) is 0.281. The van der Waals surface area contributed by atoms with Gasteiger partial charge in [-0.05, 0) is 67.9 Å². The van der Waals surface area contributed by atoms with Crippen LogP contribution in [0.1, 0.15) is 29.8 Å². The van der Waals surface area contributed by atoms with Crippen LogP contribution in [0.5, 0.6) is 0 Å². The lowest BCUT2D eigenvalue weighted by atomic mass is 10.0. The van der Waals surface area contributed by atoms with E-state index in [9.17, 15) is 31.4 Å². The van der Waals surface area contributed by atoms with Crippen molar-refractivity contribution in [3.05, 3.63) is 77.7 Å². The minimum Gasteiger partial charge on any atom is -0.392 e. The lowest BCUT2D eigenvalue weighted by Gasteiger charge is -2.29. The number of aliphatic hydroxyl groups excluding tert-OH is 1. The van der Waals surface area contributed by atoms with Crippen LogP contribution >= 0.6 is 0 Å². The summed E-state index contributed by atoms with van der Waals surface area (Å²) in [6.45, 7) is 1.41. The smallest absolute Gasteiger partial charge is 0.392 e. The SMILES string of the molecule is OC1CCCN(Cc2nc(Nc3ccc(C(F)(F)F)cc3)c3ccc(-c4ncccc4C(F)(F)F)cc3n2)C1. The van der Waals surface area contributed by atoms with Crippen molar-refractivity contribution < 1.29 is 31.4 Å². The maximum atomic E-state index is 13.6.